The smallest absolute Gasteiger partial charge is 0.226 e. The maximum Gasteiger partial charge on any atom is 0.226 e. The molecule has 0 saturated carbocycles. The molecule has 0 fully saturated rings. The summed E-state index contributed by atoms with van der Waals surface area (Å²) in [6.07, 6.45) is 1.93. The number of hydrogen-bond donors (Lipinski definition) is 2. The molecular weight excluding hydrogens is 362 g/mol. The molecule has 146 valence electrons. The second-order valence-corrected chi connectivity index (χ2v) is 6.35. The van der Waals surface area contributed by atoms with Gasteiger partial charge in [0.05, 0.1) is 12.2 Å². The van der Waals surface area contributed by atoms with E-state index in [4.69, 9.17) is 4.42 Å². The zero-order valence-electron chi connectivity index (χ0n) is 15.8. The summed E-state index contributed by atoms with van der Waals surface area (Å²) in [7, 11) is 1.64. The summed E-state index contributed by atoms with van der Waals surface area (Å²) in [6.45, 7) is 2.85. The van der Waals surface area contributed by atoms with Crippen molar-refractivity contribution >= 4 is 5.96 Å². The van der Waals surface area contributed by atoms with E-state index in [0.717, 1.165) is 23.4 Å². The van der Waals surface area contributed by atoms with E-state index >= 15 is 0 Å². The van der Waals surface area contributed by atoms with Gasteiger partial charge in [0.25, 0.3) is 0 Å². The maximum atomic E-state index is 13.7. The van der Waals surface area contributed by atoms with Crippen molar-refractivity contribution < 1.29 is 13.2 Å². The minimum atomic E-state index is -0.450. The molecule has 28 heavy (non-hydrogen) atoms. The Balaban J connectivity index is 1.50. The van der Waals surface area contributed by atoms with Crippen LogP contribution in [0.5, 0.6) is 0 Å². The van der Waals surface area contributed by atoms with Crippen LogP contribution in [0.25, 0.3) is 11.5 Å². The summed E-state index contributed by atoms with van der Waals surface area (Å²) in [6, 6.07) is 11.4. The summed E-state index contributed by atoms with van der Waals surface area (Å²) < 4.78 is 32.4. The lowest BCUT2D eigenvalue weighted by molar-refractivity contribution is 0.572. The Hall–Kier alpha value is -3.22. The van der Waals surface area contributed by atoms with Crippen LogP contribution in [0.1, 0.15) is 16.8 Å². The highest BCUT2D eigenvalue weighted by atomic mass is 19.1. The fourth-order valence-corrected chi connectivity index (χ4v) is 2.66. The summed E-state index contributed by atoms with van der Waals surface area (Å²) in [4.78, 5) is 8.58. The molecule has 0 atom stereocenters. The van der Waals surface area contributed by atoms with Crippen LogP contribution in [-0.2, 0) is 13.0 Å². The van der Waals surface area contributed by atoms with E-state index in [2.05, 4.69) is 20.6 Å². The molecule has 3 rings (SSSR count). The number of aromatic nitrogens is 1. The summed E-state index contributed by atoms with van der Waals surface area (Å²) >= 11 is 0. The van der Waals surface area contributed by atoms with Gasteiger partial charge in [0, 0.05) is 19.2 Å². The van der Waals surface area contributed by atoms with Gasteiger partial charge in [0.15, 0.2) is 5.96 Å². The van der Waals surface area contributed by atoms with Gasteiger partial charge < -0.3 is 15.1 Å². The average molecular weight is 384 g/mol. The zero-order valence-corrected chi connectivity index (χ0v) is 15.8. The Morgan fingerprint density at radius 3 is 2.64 bits per heavy atom. The van der Waals surface area contributed by atoms with Crippen molar-refractivity contribution in [2.45, 2.75) is 19.9 Å². The molecule has 3 aromatic rings. The Labute approximate surface area is 162 Å². The molecule has 5 nitrogen and oxygen atoms in total. The number of hydrogen-bond acceptors (Lipinski definition) is 3. The molecule has 0 bridgehead atoms. The molecule has 0 amide bonds. The predicted octanol–water partition coefficient (Wildman–Crippen LogP) is 3.84. The Kier molecular flexibility index (Phi) is 6.37. The highest BCUT2D eigenvalue weighted by Crippen LogP contribution is 2.19. The van der Waals surface area contributed by atoms with Crippen molar-refractivity contribution in [1.82, 2.24) is 15.6 Å². The summed E-state index contributed by atoms with van der Waals surface area (Å²) in [5, 5.41) is 6.19. The van der Waals surface area contributed by atoms with Crippen LogP contribution in [0, 0.1) is 18.6 Å². The van der Waals surface area contributed by atoms with E-state index in [0.29, 0.717) is 36.9 Å². The first kappa shape index (κ1) is 19.5. The predicted molar refractivity (Wildman–Crippen MR) is 105 cm³/mol. The molecule has 1 heterocycles. The van der Waals surface area contributed by atoms with Crippen molar-refractivity contribution in [2.24, 2.45) is 4.99 Å². The lowest BCUT2D eigenvalue weighted by Gasteiger charge is -2.11. The summed E-state index contributed by atoms with van der Waals surface area (Å²) in [5.41, 5.74) is 3.14. The quantitative estimate of drug-likeness (QED) is 0.501. The van der Waals surface area contributed by atoms with Crippen molar-refractivity contribution in [3.8, 4) is 11.5 Å². The third-order valence-electron chi connectivity index (χ3n) is 4.21. The van der Waals surface area contributed by atoms with Crippen molar-refractivity contribution in [1.29, 1.82) is 0 Å². The number of benzene rings is 2. The van der Waals surface area contributed by atoms with Gasteiger partial charge in [-0.2, -0.15) is 0 Å². The van der Waals surface area contributed by atoms with Gasteiger partial charge in [-0.15, -0.1) is 0 Å². The molecule has 2 N–H and O–H groups in total. The third kappa shape index (κ3) is 5.16. The highest BCUT2D eigenvalue weighted by Gasteiger charge is 2.08. The van der Waals surface area contributed by atoms with E-state index in [-0.39, 0.29) is 0 Å². The largest absolute Gasteiger partial charge is 0.444 e. The molecule has 0 aliphatic carbocycles. The number of oxazole rings is 1. The first-order valence-corrected chi connectivity index (χ1v) is 8.95. The zero-order chi connectivity index (χ0) is 19.9. The first-order valence-electron chi connectivity index (χ1n) is 8.95. The van der Waals surface area contributed by atoms with E-state index in [1.807, 2.05) is 31.2 Å². The lowest BCUT2D eigenvalue weighted by Crippen LogP contribution is -2.38. The van der Waals surface area contributed by atoms with E-state index in [1.54, 1.807) is 13.3 Å². The normalized spacial score (nSPS) is 11.5. The number of aliphatic imine (C=N–C) groups is 1. The second-order valence-electron chi connectivity index (χ2n) is 6.35. The van der Waals surface area contributed by atoms with Gasteiger partial charge in [0.1, 0.15) is 17.9 Å². The number of rotatable bonds is 6. The van der Waals surface area contributed by atoms with Gasteiger partial charge >= 0.3 is 0 Å². The molecule has 7 heteroatoms. The molecule has 0 aliphatic rings. The average Bonchev–Trinajstić information content (AvgIpc) is 3.16. The first-order chi connectivity index (χ1) is 13.5. The highest BCUT2D eigenvalue weighted by molar-refractivity contribution is 5.79. The van der Waals surface area contributed by atoms with Crippen LogP contribution >= 0.6 is 0 Å². The minimum absolute atomic E-state index is 0.321. The van der Waals surface area contributed by atoms with Gasteiger partial charge in [0.2, 0.25) is 5.89 Å². The van der Waals surface area contributed by atoms with Crippen LogP contribution in [-0.4, -0.2) is 24.5 Å². The van der Waals surface area contributed by atoms with Crippen LogP contribution in [0.3, 0.4) is 0 Å². The topological polar surface area (TPSA) is 62.5 Å². The fourth-order valence-electron chi connectivity index (χ4n) is 2.66. The Morgan fingerprint density at radius 1 is 1.11 bits per heavy atom. The molecule has 0 aliphatic heterocycles. The van der Waals surface area contributed by atoms with E-state index < -0.39 is 11.6 Å². The van der Waals surface area contributed by atoms with Gasteiger partial charge in [-0.3, -0.25) is 4.99 Å². The van der Waals surface area contributed by atoms with Crippen molar-refractivity contribution in [2.75, 3.05) is 13.6 Å². The van der Waals surface area contributed by atoms with Crippen molar-refractivity contribution in [3.05, 3.63) is 77.2 Å². The van der Waals surface area contributed by atoms with Crippen LogP contribution in [0.15, 0.2) is 58.1 Å². The fraction of sp³-hybridized carbons (Fsp3) is 0.238. The molecular formula is C21H22F2N4O. The number of aryl methyl sites for hydroxylation is 1. The van der Waals surface area contributed by atoms with Crippen molar-refractivity contribution in [3.63, 3.8) is 0 Å². The number of nitrogens with zero attached hydrogens (tertiary/aromatic N) is 2. The van der Waals surface area contributed by atoms with Crippen LogP contribution < -0.4 is 10.6 Å². The number of halogens is 2. The molecule has 0 spiro atoms. The Bertz CT molecular complexity index is 951. The van der Waals surface area contributed by atoms with Gasteiger partial charge in [-0.05, 0) is 49.2 Å². The third-order valence-corrected chi connectivity index (χ3v) is 4.21. The Morgan fingerprint density at radius 2 is 1.89 bits per heavy atom. The minimum Gasteiger partial charge on any atom is -0.444 e. The maximum absolute atomic E-state index is 13.7. The second kappa shape index (κ2) is 9.12. The summed E-state index contributed by atoms with van der Waals surface area (Å²) in [5.74, 6) is 0.227. The van der Waals surface area contributed by atoms with Gasteiger partial charge in [-0.25, -0.2) is 13.8 Å². The van der Waals surface area contributed by atoms with E-state index in [9.17, 15) is 8.78 Å². The van der Waals surface area contributed by atoms with Gasteiger partial charge in [-0.1, -0.05) is 17.7 Å². The van der Waals surface area contributed by atoms with E-state index in [1.165, 1.54) is 11.6 Å². The molecule has 0 radical (unpaired) electrons. The SMILES string of the molecule is CN=C(NCCc1cc(F)ccc1F)NCc1coc(-c2ccc(C)cc2)n1. The van der Waals surface area contributed by atoms with Crippen LogP contribution in [0.4, 0.5) is 8.78 Å². The lowest BCUT2D eigenvalue weighted by atomic mass is 10.1. The number of guanidine groups is 1. The van der Waals surface area contributed by atoms with Crippen LogP contribution in [0.2, 0.25) is 0 Å². The molecule has 2 aromatic carbocycles. The monoisotopic (exact) mass is 384 g/mol. The standard InChI is InChI=1S/C21H22F2N4O/c1-14-3-5-15(6-4-14)20-27-18(13-28-20)12-26-21(24-2)25-10-9-16-11-17(22)7-8-19(16)23/h3-8,11,13H,9-10,12H2,1-2H3,(H2,24,25,26). The molecule has 1 aromatic heterocycles. The number of nitrogens with one attached hydrogen (secondary N) is 2. The molecule has 0 unspecified atom stereocenters. The molecule has 0 saturated heterocycles.